The number of hydrogen-bond donors (Lipinski definition) is 0. The lowest BCUT2D eigenvalue weighted by Gasteiger charge is -2.54. The average Bonchev–Trinajstić information content (AvgIpc) is 2.65. The van der Waals surface area contributed by atoms with E-state index < -0.39 is 0 Å². The first-order chi connectivity index (χ1) is 13.0. The van der Waals surface area contributed by atoms with Crippen LogP contribution in [0, 0.1) is 5.92 Å². The molecule has 0 aromatic heterocycles. The second kappa shape index (κ2) is 8.38. The lowest BCUT2D eigenvalue weighted by atomic mass is 9.59. The van der Waals surface area contributed by atoms with Crippen LogP contribution in [0.2, 0.25) is 0 Å². The molecule has 4 rings (SSSR count). The maximum atomic E-state index is 11.3. The number of fused-ring (bicyclic) bond motifs is 4. The van der Waals surface area contributed by atoms with Crippen molar-refractivity contribution < 1.29 is 9.53 Å². The third-order valence-electron chi connectivity index (χ3n) is 6.89. The van der Waals surface area contributed by atoms with Gasteiger partial charge in [0.15, 0.2) is 0 Å². The number of likely N-dealkylation sites (tertiary alicyclic amines) is 1. The third kappa shape index (κ3) is 3.90. The highest BCUT2D eigenvalue weighted by Gasteiger charge is 2.48. The fourth-order valence-electron chi connectivity index (χ4n) is 5.11. The molecule has 0 amide bonds. The Hall–Kier alpha value is -1.65. The predicted molar refractivity (Wildman–Crippen MR) is 118 cm³/mol. The summed E-state index contributed by atoms with van der Waals surface area (Å²) in [4.78, 5) is 14.0. The van der Waals surface area contributed by atoms with E-state index in [0.717, 1.165) is 32.4 Å². The molecule has 1 heterocycles. The normalized spacial score (nSPS) is 26.1. The second-order valence-corrected chi connectivity index (χ2v) is 8.41. The monoisotopic (exact) mass is 443 g/mol. The molecular formula is C24H30BrNO2. The summed E-state index contributed by atoms with van der Waals surface area (Å²) in [5.41, 5.74) is 4.37. The molecular weight excluding hydrogens is 414 g/mol. The zero-order valence-corrected chi connectivity index (χ0v) is 18.7. The summed E-state index contributed by atoms with van der Waals surface area (Å²) in [7, 11) is 0. The molecule has 1 fully saturated rings. The van der Waals surface area contributed by atoms with Crippen molar-refractivity contribution >= 4 is 23.0 Å². The first-order valence-electron chi connectivity index (χ1n) is 10.1. The number of carbonyl (C=O) groups excluding carboxylic acids is 1. The highest BCUT2D eigenvalue weighted by atomic mass is 79.9. The highest BCUT2D eigenvalue weighted by molar-refractivity contribution is 8.93. The molecule has 150 valence electrons. The molecule has 4 heteroatoms. The molecule has 0 spiro atoms. The van der Waals surface area contributed by atoms with E-state index >= 15 is 0 Å². The van der Waals surface area contributed by atoms with E-state index in [1.165, 1.54) is 23.6 Å². The number of benzene rings is 2. The van der Waals surface area contributed by atoms with Crippen LogP contribution in [-0.4, -0.2) is 30.0 Å². The molecule has 0 unspecified atom stereocenters. The number of carbonyl (C=O) groups is 1. The maximum Gasteiger partial charge on any atom is 0.308 e. The number of piperidine rings is 1. The standard InChI is InChI=1S/C24H29NO2.BrH/c1-17-23-15-20-9-10-21(27-18(2)26)16-22(20)24(17,3)12-14-25(23)13-11-19-7-5-4-6-8-19;/h4-10,16-17,23H,11-15H2,1-3H3;1H/t17-,23-,24+;/m0./s1. The van der Waals surface area contributed by atoms with Gasteiger partial charge in [0.25, 0.3) is 0 Å². The van der Waals surface area contributed by atoms with Crippen LogP contribution in [0.3, 0.4) is 0 Å². The molecule has 1 aliphatic carbocycles. The summed E-state index contributed by atoms with van der Waals surface area (Å²) in [6.07, 6.45) is 3.34. The van der Waals surface area contributed by atoms with Crippen molar-refractivity contribution in [2.24, 2.45) is 5.92 Å². The Morgan fingerprint density at radius 1 is 1.21 bits per heavy atom. The zero-order valence-electron chi connectivity index (χ0n) is 17.0. The van der Waals surface area contributed by atoms with E-state index in [2.05, 4.69) is 61.2 Å². The van der Waals surface area contributed by atoms with Crippen LogP contribution in [0.4, 0.5) is 0 Å². The molecule has 3 nitrogen and oxygen atoms in total. The molecule has 0 radical (unpaired) electrons. The van der Waals surface area contributed by atoms with Crippen molar-refractivity contribution in [2.45, 2.75) is 51.5 Å². The number of esters is 1. The van der Waals surface area contributed by atoms with Gasteiger partial charge in [-0.25, -0.2) is 0 Å². The van der Waals surface area contributed by atoms with Gasteiger partial charge in [0.1, 0.15) is 5.75 Å². The SMILES string of the molecule is Br.CC(=O)Oc1ccc2c(c1)[C@]1(C)CCN(CCc3ccccc3)[C@@H](C2)[C@@H]1C. The number of rotatable bonds is 4. The molecule has 2 aromatic carbocycles. The Morgan fingerprint density at radius 2 is 1.96 bits per heavy atom. The van der Waals surface area contributed by atoms with Gasteiger partial charge in [-0.3, -0.25) is 9.69 Å². The number of hydrogen-bond acceptors (Lipinski definition) is 3. The van der Waals surface area contributed by atoms with Crippen LogP contribution < -0.4 is 4.74 Å². The Kier molecular flexibility index (Phi) is 6.31. The summed E-state index contributed by atoms with van der Waals surface area (Å²) in [5, 5.41) is 0. The molecule has 0 saturated carbocycles. The molecule has 3 atom stereocenters. The van der Waals surface area contributed by atoms with Gasteiger partial charge in [0, 0.05) is 19.5 Å². The van der Waals surface area contributed by atoms with Gasteiger partial charge in [0.05, 0.1) is 0 Å². The van der Waals surface area contributed by atoms with Crippen LogP contribution in [0.25, 0.3) is 0 Å². The van der Waals surface area contributed by atoms with Crippen molar-refractivity contribution in [3.8, 4) is 5.75 Å². The van der Waals surface area contributed by atoms with Gasteiger partial charge in [-0.05, 0) is 66.0 Å². The molecule has 2 aliphatic rings. The van der Waals surface area contributed by atoms with Crippen LogP contribution in [0.5, 0.6) is 5.75 Å². The first-order valence-corrected chi connectivity index (χ1v) is 10.1. The van der Waals surface area contributed by atoms with Gasteiger partial charge >= 0.3 is 5.97 Å². The van der Waals surface area contributed by atoms with Crippen LogP contribution in [0.15, 0.2) is 48.5 Å². The number of ether oxygens (including phenoxy) is 1. The average molecular weight is 444 g/mol. The lowest BCUT2D eigenvalue weighted by Crippen LogP contribution is -2.58. The fraction of sp³-hybridized carbons (Fsp3) is 0.458. The largest absolute Gasteiger partial charge is 0.427 e. The minimum Gasteiger partial charge on any atom is -0.427 e. The van der Waals surface area contributed by atoms with Gasteiger partial charge in [-0.2, -0.15) is 0 Å². The molecule has 28 heavy (non-hydrogen) atoms. The summed E-state index contributed by atoms with van der Waals surface area (Å²) in [6.45, 7) is 8.52. The van der Waals surface area contributed by atoms with Crippen molar-refractivity contribution in [2.75, 3.05) is 13.1 Å². The van der Waals surface area contributed by atoms with E-state index in [1.807, 2.05) is 6.07 Å². The maximum absolute atomic E-state index is 11.3. The van der Waals surface area contributed by atoms with E-state index in [1.54, 1.807) is 0 Å². The van der Waals surface area contributed by atoms with E-state index in [4.69, 9.17) is 4.74 Å². The first kappa shape index (κ1) is 21.1. The smallest absolute Gasteiger partial charge is 0.308 e. The topological polar surface area (TPSA) is 29.5 Å². The quantitative estimate of drug-likeness (QED) is 0.494. The van der Waals surface area contributed by atoms with Crippen molar-refractivity contribution in [1.29, 1.82) is 0 Å². The number of halogens is 1. The van der Waals surface area contributed by atoms with E-state index in [9.17, 15) is 4.79 Å². The Balaban J connectivity index is 0.00000225. The van der Waals surface area contributed by atoms with E-state index in [0.29, 0.717) is 17.7 Å². The van der Waals surface area contributed by atoms with Crippen LogP contribution in [-0.2, 0) is 23.1 Å². The Bertz CT molecular complexity index is 838. The van der Waals surface area contributed by atoms with E-state index in [-0.39, 0.29) is 28.4 Å². The van der Waals surface area contributed by atoms with Crippen LogP contribution >= 0.6 is 17.0 Å². The summed E-state index contributed by atoms with van der Waals surface area (Å²) in [6, 6.07) is 17.6. The second-order valence-electron chi connectivity index (χ2n) is 8.41. The van der Waals surface area contributed by atoms with Gasteiger partial charge in [0.2, 0.25) is 0 Å². The number of nitrogens with zero attached hydrogens (tertiary/aromatic N) is 1. The summed E-state index contributed by atoms with van der Waals surface area (Å²) < 4.78 is 5.36. The predicted octanol–water partition coefficient (Wildman–Crippen LogP) is 4.96. The fourth-order valence-corrected chi connectivity index (χ4v) is 5.11. The van der Waals surface area contributed by atoms with Gasteiger partial charge in [-0.15, -0.1) is 17.0 Å². The Labute approximate surface area is 178 Å². The molecule has 2 aromatic rings. The molecule has 1 saturated heterocycles. The minimum atomic E-state index is -0.252. The molecule has 0 N–H and O–H groups in total. The van der Waals surface area contributed by atoms with Crippen molar-refractivity contribution in [1.82, 2.24) is 4.90 Å². The highest BCUT2D eigenvalue weighted by Crippen LogP contribution is 2.49. The third-order valence-corrected chi connectivity index (χ3v) is 6.89. The van der Waals surface area contributed by atoms with Crippen molar-refractivity contribution in [3.63, 3.8) is 0 Å². The minimum absolute atomic E-state index is 0. The van der Waals surface area contributed by atoms with Gasteiger partial charge in [-0.1, -0.05) is 50.2 Å². The Morgan fingerprint density at radius 3 is 2.68 bits per heavy atom. The summed E-state index contributed by atoms with van der Waals surface area (Å²) in [5.74, 6) is 1.01. The molecule has 1 aliphatic heterocycles. The summed E-state index contributed by atoms with van der Waals surface area (Å²) >= 11 is 0. The zero-order chi connectivity index (χ0) is 19.0. The van der Waals surface area contributed by atoms with Crippen LogP contribution in [0.1, 0.15) is 43.9 Å². The lowest BCUT2D eigenvalue weighted by molar-refractivity contribution is -0.131. The van der Waals surface area contributed by atoms with Gasteiger partial charge < -0.3 is 4.74 Å². The van der Waals surface area contributed by atoms with Crippen molar-refractivity contribution in [3.05, 3.63) is 65.2 Å². The molecule has 2 bridgehead atoms.